The van der Waals surface area contributed by atoms with E-state index in [0.29, 0.717) is 0 Å². The van der Waals surface area contributed by atoms with Crippen LogP contribution in [0.2, 0.25) is 0 Å². The van der Waals surface area contributed by atoms with E-state index in [9.17, 15) is 4.79 Å². The van der Waals surface area contributed by atoms with Crippen molar-refractivity contribution in [2.45, 2.75) is 26.3 Å². The molecule has 1 saturated carbocycles. The van der Waals surface area contributed by atoms with Crippen molar-refractivity contribution in [2.24, 2.45) is 5.92 Å². The Morgan fingerprint density at radius 2 is 2.32 bits per heavy atom. The fourth-order valence-electron chi connectivity index (χ4n) is 2.20. The van der Waals surface area contributed by atoms with Crippen molar-refractivity contribution in [1.82, 2.24) is 15.0 Å². The molecule has 0 amide bonds. The topological polar surface area (TPSA) is 68.0 Å². The normalized spacial score (nSPS) is 15.4. The van der Waals surface area contributed by atoms with Gasteiger partial charge in [0.2, 0.25) is 0 Å². The van der Waals surface area contributed by atoms with Crippen LogP contribution in [0.25, 0.3) is 17.1 Å². The van der Waals surface area contributed by atoms with Crippen LogP contribution < -0.4 is 0 Å². The summed E-state index contributed by atoms with van der Waals surface area (Å²) in [6.07, 6.45) is 5.29. The first-order chi connectivity index (χ1) is 9.15. The van der Waals surface area contributed by atoms with Crippen molar-refractivity contribution in [3.63, 3.8) is 0 Å². The fourth-order valence-corrected chi connectivity index (χ4v) is 2.20. The number of aliphatic carboxylic acids is 1. The van der Waals surface area contributed by atoms with Crippen molar-refractivity contribution in [1.29, 1.82) is 0 Å². The number of carbonyl (C=O) groups is 1. The van der Waals surface area contributed by atoms with Gasteiger partial charge in [0.15, 0.2) is 0 Å². The highest BCUT2D eigenvalue weighted by molar-refractivity contribution is 5.88. The molecule has 0 radical (unpaired) electrons. The molecule has 1 fully saturated rings. The van der Waals surface area contributed by atoms with Crippen LogP contribution in [0.5, 0.6) is 0 Å². The molecule has 0 unspecified atom stereocenters. The number of carboxylic acid groups (broad SMARTS) is 1. The lowest BCUT2D eigenvalue weighted by Gasteiger charge is -2.03. The molecular formula is C14H15N3O2. The highest BCUT2D eigenvalue weighted by Crippen LogP contribution is 2.31. The zero-order valence-corrected chi connectivity index (χ0v) is 10.7. The Kier molecular flexibility index (Phi) is 2.81. The summed E-state index contributed by atoms with van der Waals surface area (Å²) < 4.78 is 1.95. The molecule has 5 nitrogen and oxygen atoms in total. The predicted octanol–water partition coefficient (Wildman–Crippen LogP) is 2.25. The molecule has 1 N–H and O–H groups in total. The van der Waals surface area contributed by atoms with E-state index in [1.54, 1.807) is 6.08 Å². The quantitative estimate of drug-likeness (QED) is 0.853. The minimum atomic E-state index is -0.947. The van der Waals surface area contributed by atoms with Crippen molar-refractivity contribution in [3.8, 4) is 0 Å². The maximum atomic E-state index is 10.6. The van der Waals surface area contributed by atoms with E-state index in [1.165, 1.54) is 12.8 Å². The van der Waals surface area contributed by atoms with E-state index in [-0.39, 0.29) is 0 Å². The summed E-state index contributed by atoms with van der Waals surface area (Å²) >= 11 is 0. The van der Waals surface area contributed by atoms with Crippen molar-refractivity contribution in [2.75, 3.05) is 0 Å². The van der Waals surface area contributed by atoms with Gasteiger partial charge in [0.25, 0.3) is 0 Å². The molecule has 1 aliphatic carbocycles. The maximum Gasteiger partial charge on any atom is 0.328 e. The van der Waals surface area contributed by atoms with Crippen LogP contribution in [0.15, 0.2) is 18.2 Å². The fraction of sp³-hybridized carbons (Fsp3) is 0.357. The molecule has 98 valence electrons. The average molecular weight is 257 g/mol. The van der Waals surface area contributed by atoms with Gasteiger partial charge in [0.1, 0.15) is 5.52 Å². The summed E-state index contributed by atoms with van der Waals surface area (Å²) in [4.78, 5) is 10.6. The smallest absolute Gasteiger partial charge is 0.328 e. The Bertz CT molecular complexity index is 669. The van der Waals surface area contributed by atoms with Crippen LogP contribution >= 0.6 is 0 Å². The van der Waals surface area contributed by atoms with Crippen LogP contribution in [0.3, 0.4) is 0 Å². The van der Waals surface area contributed by atoms with Crippen LogP contribution in [0, 0.1) is 12.8 Å². The monoisotopic (exact) mass is 257 g/mol. The first-order valence-corrected chi connectivity index (χ1v) is 6.39. The number of nitrogens with zero attached hydrogens (tertiary/aromatic N) is 3. The summed E-state index contributed by atoms with van der Waals surface area (Å²) in [6, 6.07) is 3.89. The van der Waals surface area contributed by atoms with Gasteiger partial charge in [0.05, 0.1) is 5.52 Å². The van der Waals surface area contributed by atoms with E-state index in [0.717, 1.165) is 40.7 Å². The Morgan fingerprint density at radius 3 is 3.00 bits per heavy atom. The molecule has 0 aliphatic heterocycles. The lowest BCUT2D eigenvalue weighted by Crippen LogP contribution is -2.01. The van der Waals surface area contributed by atoms with Crippen LogP contribution in [0.4, 0.5) is 0 Å². The van der Waals surface area contributed by atoms with Crippen molar-refractivity contribution in [3.05, 3.63) is 29.3 Å². The van der Waals surface area contributed by atoms with Gasteiger partial charge in [-0.2, -0.15) is 0 Å². The molecule has 0 bridgehead atoms. The number of fused-ring (bicyclic) bond motifs is 1. The van der Waals surface area contributed by atoms with E-state index < -0.39 is 5.97 Å². The minimum Gasteiger partial charge on any atom is -0.478 e. The molecule has 1 aromatic carbocycles. The predicted molar refractivity (Wildman–Crippen MR) is 71.7 cm³/mol. The standard InChI is InChI=1S/C14H15N3O2/c1-9-11(5-7-13(18)19)4-6-12-14(9)15-16-17(12)8-10-2-3-10/h4-7,10H,2-3,8H2,1H3,(H,18,19). The number of benzene rings is 1. The molecule has 1 aliphatic rings. The number of hydrogen-bond acceptors (Lipinski definition) is 3. The zero-order chi connectivity index (χ0) is 13.4. The van der Waals surface area contributed by atoms with E-state index in [2.05, 4.69) is 10.3 Å². The number of carboxylic acids is 1. The summed E-state index contributed by atoms with van der Waals surface area (Å²) in [5.74, 6) is -0.200. The Labute approximate surface area is 110 Å². The third-order valence-electron chi connectivity index (χ3n) is 3.52. The highest BCUT2D eigenvalue weighted by Gasteiger charge is 2.23. The summed E-state index contributed by atoms with van der Waals surface area (Å²) in [7, 11) is 0. The van der Waals surface area contributed by atoms with Gasteiger partial charge in [-0.3, -0.25) is 0 Å². The van der Waals surface area contributed by atoms with Gasteiger partial charge < -0.3 is 5.11 Å². The summed E-state index contributed by atoms with van der Waals surface area (Å²) in [5.41, 5.74) is 3.72. The first-order valence-electron chi connectivity index (χ1n) is 6.39. The van der Waals surface area contributed by atoms with Gasteiger partial charge >= 0.3 is 5.97 Å². The Balaban J connectivity index is 2.00. The number of aromatic nitrogens is 3. The molecule has 1 aromatic heterocycles. The third kappa shape index (κ3) is 2.36. The molecule has 19 heavy (non-hydrogen) atoms. The molecule has 0 spiro atoms. The molecule has 5 heteroatoms. The van der Waals surface area contributed by atoms with Gasteiger partial charge in [0, 0.05) is 12.6 Å². The van der Waals surface area contributed by atoms with Crippen LogP contribution in [0.1, 0.15) is 24.0 Å². The van der Waals surface area contributed by atoms with Gasteiger partial charge in [-0.15, -0.1) is 5.10 Å². The van der Waals surface area contributed by atoms with Crippen molar-refractivity contribution < 1.29 is 9.90 Å². The van der Waals surface area contributed by atoms with Gasteiger partial charge in [-0.05, 0) is 49.0 Å². The molecule has 0 saturated heterocycles. The van der Waals surface area contributed by atoms with E-state index >= 15 is 0 Å². The van der Waals surface area contributed by atoms with Crippen LogP contribution in [-0.4, -0.2) is 26.1 Å². The Hall–Kier alpha value is -2.17. The lowest BCUT2D eigenvalue weighted by atomic mass is 10.1. The molecular weight excluding hydrogens is 242 g/mol. The molecule has 0 atom stereocenters. The van der Waals surface area contributed by atoms with E-state index in [4.69, 9.17) is 5.11 Å². The highest BCUT2D eigenvalue weighted by atomic mass is 16.4. The number of rotatable bonds is 4. The number of aryl methyl sites for hydroxylation is 1. The minimum absolute atomic E-state index is 0.747. The zero-order valence-electron chi connectivity index (χ0n) is 10.7. The second kappa shape index (κ2) is 4.50. The van der Waals surface area contributed by atoms with Crippen molar-refractivity contribution >= 4 is 23.1 Å². The molecule has 2 aromatic rings. The SMILES string of the molecule is Cc1c(C=CC(=O)O)ccc2c1nnn2CC1CC1. The lowest BCUT2D eigenvalue weighted by molar-refractivity contribution is -0.131. The second-order valence-electron chi connectivity index (χ2n) is 5.03. The largest absolute Gasteiger partial charge is 0.478 e. The summed E-state index contributed by atoms with van der Waals surface area (Å²) in [5, 5.41) is 17.1. The Morgan fingerprint density at radius 1 is 1.53 bits per heavy atom. The first kappa shape index (κ1) is 11.9. The number of hydrogen-bond donors (Lipinski definition) is 1. The average Bonchev–Trinajstić information content (AvgIpc) is 3.09. The second-order valence-corrected chi connectivity index (χ2v) is 5.03. The van der Waals surface area contributed by atoms with Gasteiger partial charge in [-0.25, -0.2) is 9.48 Å². The van der Waals surface area contributed by atoms with Gasteiger partial charge in [-0.1, -0.05) is 11.3 Å². The summed E-state index contributed by atoms with van der Waals surface area (Å²) in [6.45, 7) is 2.88. The molecule has 1 heterocycles. The molecule has 3 rings (SSSR count). The van der Waals surface area contributed by atoms with Crippen LogP contribution in [-0.2, 0) is 11.3 Å². The third-order valence-corrected chi connectivity index (χ3v) is 3.52. The van der Waals surface area contributed by atoms with E-state index in [1.807, 2.05) is 23.7 Å². The maximum absolute atomic E-state index is 10.6.